The zero-order chi connectivity index (χ0) is 27.1. The van der Waals surface area contributed by atoms with Crippen LogP contribution in [0.15, 0.2) is 18.2 Å². The molecule has 0 aliphatic carbocycles. The lowest BCUT2D eigenvalue weighted by Crippen LogP contribution is -2.57. The lowest BCUT2D eigenvalue weighted by molar-refractivity contribution is -0.126. The molecule has 3 N–H and O–H groups in total. The van der Waals surface area contributed by atoms with Gasteiger partial charge < -0.3 is 30.3 Å². The fraction of sp³-hybridized carbons (Fsp3) is 0.704. The summed E-state index contributed by atoms with van der Waals surface area (Å²) in [6.45, 7) is 9.79. The van der Waals surface area contributed by atoms with Crippen LogP contribution in [0.2, 0.25) is 0 Å². The van der Waals surface area contributed by atoms with Gasteiger partial charge in [0.15, 0.2) is 0 Å². The zero-order valence-corrected chi connectivity index (χ0v) is 22.4. The van der Waals surface area contributed by atoms with Gasteiger partial charge in [-0.3, -0.25) is 4.79 Å². The number of halogens is 2. The number of ether oxygens (including phenoxy) is 1. The van der Waals surface area contributed by atoms with E-state index in [0.29, 0.717) is 31.7 Å². The van der Waals surface area contributed by atoms with Crippen LogP contribution in [0.4, 0.5) is 13.6 Å². The van der Waals surface area contributed by atoms with Gasteiger partial charge in [-0.2, -0.15) is 0 Å². The van der Waals surface area contributed by atoms with E-state index >= 15 is 0 Å². The third-order valence-corrected chi connectivity index (χ3v) is 7.08. The Kier molecular flexibility index (Phi) is 10.7. The summed E-state index contributed by atoms with van der Waals surface area (Å²) in [5.74, 6) is -1.84. The van der Waals surface area contributed by atoms with Gasteiger partial charge in [0, 0.05) is 37.8 Å². The fourth-order valence-electron chi connectivity index (χ4n) is 5.23. The van der Waals surface area contributed by atoms with Gasteiger partial charge in [-0.05, 0) is 57.2 Å². The molecule has 0 spiro atoms. The molecule has 3 amide bonds. The minimum atomic E-state index is -1.04. The highest BCUT2D eigenvalue weighted by atomic mass is 19.1. The van der Waals surface area contributed by atoms with Crippen LogP contribution in [0.25, 0.3) is 0 Å². The minimum Gasteiger partial charge on any atom is -0.389 e. The van der Waals surface area contributed by atoms with Crippen molar-refractivity contribution in [1.29, 1.82) is 0 Å². The number of nitrogens with zero attached hydrogens (tertiary/aromatic N) is 2. The van der Waals surface area contributed by atoms with E-state index in [9.17, 15) is 23.5 Å². The fourth-order valence-corrected chi connectivity index (χ4v) is 5.23. The highest BCUT2D eigenvalue weighted by molar-refractivity contribution is 5.91. The van der Waals surface area contributed by atoms with Gasteiger partial charge in [-0.15, -0.1) is 0 Å². The Labute approximate surface area is 218 Å². The monoisotopic (exact) mass is 524 g/mol. The number of aliphatic hydroxyl groups is 1. The normalized spacial score (nSPS) is 23.7. The lowest BCUT2D eigenvalue weighted by Gasteiger charge is -2.32. The van der Waals surface area contributed by atoms with E-state index in [2.05, 4.69) is 17.6 Å². The molecule has 2 fully saturated rings. The first-order chi connectivity index (χ1) is 17.6. The Hall–Kier alpha value is -2.30. The van der Waals surface area contributed by atoms with Crippen molar-refractivity contribution in [2.75, 3.05) is 26.2 Å². The number of unbranched alkanes of at least 4 members (excludes halogenated alkanes) is 1. The van der Waals surface area contributed by atoms with Crippen LogP contribution in [0.1, 0.15) is 58.9 Å². The van der Waals surface area contributed by atoms with Crippen LogP contribution < -0.4 is 10.6 Å². The first-order valence-corrected chi connectivity index (χ1v) is 13.5. The molecule has 10 heteroatoms. The second-order valence-electron chi connectivity index (χ2n) is 10.4. The van der Waals surface area contributed by atoms with E-state index in [1.807, 2.05) is 20.8 Å². The van der Waals surface area contributed by atoms with Gasteiger partial charge in [0.2, 0.25) is 5.91 Å². The molecule has 208 valence electrons. The van der Waals surface area contributed by atoms with Crippen molar-refractivity contribution in [1.82, 2.24) is 20.4 Å². The number of urea groups is 1. The predicted octanol–water partition coefficient (Wildman–Crippen LogP) is 2.82. The SMILES string of the molecule is CCCCO[C@H]1CN[C@@H]([C@@H](O)[C@H](Cc2cc(F)cc(F)c2)NC(=O)C2CN(CCC)C(=O)N2C(C)C)C1. The molecule has 8 nitrogen and oxygen atoms in total. The number of carbonyl (C=O) groups excluding carboxylic acids is 2. The maximum atomic E-state index is 13.9. The van der Waals surface area contributed by atoms with Gasteiger partial charge in [0.05, 0.1) is 24.8 Å². The average molecular weight is 525 g/mol. The van der Waals surface area contributed by atoms with Gasteiger partial charge in [0.25, 0.3) is 0 Å². The Morgan fingerprint density at radius 2 is 1.92 bits per heavy atom. The van der Waals surface area contributed by atoms with Crippen molar-refractivity contribution in [2.45, 2.75) is 96.2 Å². The molecule has 37 heavy (non-hydrogen) atoms. The first kappa shape index (κ1) is 29.3. The predicted molar refractivity (Wildman–Crippen MR) is 137 cm³/mol. The Balaban J connectivity index is 1.78. The number of rotatable bonds is 13. The molecule has 5 atom stereocenters. The zero-order valence-electron chi connectivity index (χ0n) is 22.4. The summed E-state index contributed by atoms with van der Waals surface area (Å²) in [5.41, 5.74) is 0.325. The van der Waals surface area contributed by atoms with Gasteiger partial charge in [-0.1, -0.05) is 20.3 Å². The standard InChI is InChI=1S/C27H42F2N4O4/c1-5-7-9-37-21-14-22(30-15-21)25(34)23(12-18-10-19(28)13-20(29)11-18)31-26(35)24-16-32(8-6-2)27(36)33(24)17(3)4/h10-11,13,17,21-25,30,34H,5-9,12,14-16H2,1-4H3,(H,31,35)/t21-,22-,23+,24?,25-/m1/s1. The number of aliphatic hydroxyl groups excluding tert-OH is 1. The van der Waals surface area contributed by atoms with Gasteiger partial charge in [-0.25, -0.2) is 13.6 Å². The second-order valence-corrected chi connectivity index (χ2v) is 10.4. The van der Waals surface area contributed by atoms with E-state index in [-0.39, 0.29) is 37.2 Å². The van der Waals surface area contributed by atoms with Crippen molar-refractivity contribution in [3.8, 4) is 0 Å². The van der Waals surface area contributed by atoms with Crippen LogP contribution in [0.5, 0.6) is 0 Å². The topological polar surface area (TPSA) is 94.1 Å². The molecule has 0 radical (unpaired) electrons. The molecule has 2 heterocycles. The molecule has 1 aromatic carbocycles. The molecule has 3 rings (SSSR count). The van der Waals surface area contributed by atoms with Crippen LogP contribution in [-0.4, -0.2) is 89.5 Å². The van der Waals surface area contributed by atoms with E-state index in [1.54, 1.807) is 9.80 Å². The largest absolute Gasteiger partial charge is 0.389 e. The molecule has 1 unspecified atom stereocenters. The summed E-state index contributed by atoms with van der Waals surface area (Å²) in [6.07, 6.45) is 2.24. The maximum absolute atomic E-state index is 13.9. The van der Waals surface area contributed by atoms with Crippen LogP contribution >= 0.6 is 0 Å². The molecule has 0 saturated carbocycles. The highest BCUT2D eigenvalue weighted by Gasteiger charge is 2.44. The van der Waals surface area contributed by atoms with Crippen LogP contribution in [-0.2, 0) is 16.0 Å². The van der Waals surface area contributed by atoms with Crippen LogP contribution in [0, 0.1) is 11.6 Å². The average Bonchev–Trinajstić information content (AvgIpc) is 3.43. The maximum Gasteiger partial charge on any atom is 0.321 e. The summed E-state index contributed by atoms with van der Waals surface area (Å²) in [4.78, 5) is 29.6. The third-order valence-electron chi connectivity index (χ3n) is 7.08. The van der Waals surface area contributed by atoms with Crippen molar-refractivity contribution in [2.24, 2.45) is 0 Å². The first-order valence-electron chi connectivity index (χ1n) is 13.5. The van der Waals surface area contributed by atoms with E-state index < -0.39 is 35.7 Å². The molecule has 0 aromatic heterocycles. The summed E-state index contributed by atoms with van der Waals surface area (Å²) >= 11 is 0. The van der Waals surface area contributed by atoms with E-state index in [1.165, 1.54) is 12.1 Å². The van der Waals surface area contributed by atoms with Gasteiger partial charge >= 0.3 is 6.03 Å². The number of amides is 3. The highest BCUT2D eigenvalue weighted by Crippen LogP contribution is 2.22. The van der Waals surface area contributed by atoms with Crippen molar-refractivity contribution in [3.05, 3.63) is 35.4 Å². The molecule has 1 aromatic rings. The molecule has 2 aliphatic rings. The Morgan fingerprint density at radius 1 is 1.22 bits per heavy atom. The number of nitrogens with one attached hydrogen (secondary N) is 2. The molecule has 2 saturated heterocycles. The Morgan fingerprint density at radius 3 is 2.54 bits per heavy atom. The summed E-state index contributed by atoms with van der Waals surface area (Å²) in [7, 11) is 0. The summed E-state index contributed by atoms with van der Waals surface area (Å²) in [6, 6.07) is 0.904. The van der Waals surface area contributed by atoms with E-state index in [4.69, 9.17) is 4.74 Å². The molecule has 0 bridgehead atoms. The van der Waals surface area contributed by atoms with E-state index in [0.717, 1.165) is 25.3 Å². The molecule has 2 aliphatic heterocycles. The van der Waals surface area contributed by atoms with Crippen molar-refractivity contribution >= 4 is 11.9 Å². The van der Waals surface area contributed by atoms with Gasteiger partial charge in [0.1, 0.15) is 17.7 Å². The number of hydrogen-bond donors (Lipinski definition) is 3. The number of benzene rings is 1. The Bertz CT molecular complexity index is 898. The van der Waals surface area contributed by atoms with Crippen molar-refractivity contribution in [3.63, 3.8) is 0 Å². The lowest BCUT2D eigenvalue weighted by atomic mass is 9.94. The third kappa shape index (κ3) is 7.61. The van der Waals surface area contributed by atoms with Crippen molar-refractivity contribution < 1.29 is 28.2 Å². The summed E-state index contributed by atoms with van der Waals surface area (Å²) in [5, 5.41) is 17.5. The second kappa shape index (κ2) is 13.5. The number of hydrogen-bond acceptors (Lipinski definition) is 5. The van der Waals surface area contributed by atoms with Crippen LogP contribution in [0.3, 0.4) is 0 Å². The number of carbonyl (C=O) groups is 2. The minimum absolute atomic E-state index is 0.0299. The smallest absolute Gasteiger partial charge is 0.321 e. The quantitative estimate of drug-likeness (QED) is 0.345. The summed E-state index contributed by atoms with van der Waals surface area (Å²) < 4.78 is 33.7. The molecular weight excluding hydrogens is 482 g/mol. The molecular formula is C27H42F2N4O4.